The van der Waals surface area contributed by atoms with Crippen LogP contribution in [0.1, 0.15) is 0 Å². The molecule has 0 aliphatic rings. The molecule has 0 aromatic carbocycles. The van der Waals surface area contributed by atoms with Crippen molar-refractivity contribution in [3.8, 4) is 0 Å². The van der Waals surface area contributed by atoms with Crippen LogP contribution < -0.4 is 0 Å². The number of Topliss-reactive ketones (excluding diaryl/α,β-unsaturated/α-hetero) is 1. The zero-order valence-corrected chi connectivity index (χ0v) is 5.15. The minimum absolute atomic E-state index is 3.12. The Hall–Kier alpha value is -1.21. The van der Waals surface area contributed by atoms with Crippen molar-refractivity contribution in [1.29, 1.82) is 0 Å². The number of carbonyl (C=O) groups is 2. The number of rotatable bonds is 2. The lowest BCUT2D eigenvalue weighted by Gasteiger charge is -2.11. The Morgan fingerprint density at radius 1 is 1.00 bits per heavy atom. The number of aliphatic carboxylic acids is 1. The number of carboxylic acids is 1. The van der Waals surface area contributed by atoms with Crippen molar-refractivity contribution in [3.63, 3.8) is 0 Å². The standard InChI is InChI=1S/C4HF5O3/c5-3(6,2(11)12)1(10)4(7,8)9/h(H,11,12). The molecule has 0 saturated heterocycles. The van der Waals surface area contributed by atoms with Crippen molar-refractivity contribution in [2.24, 2.45) is 0 Å². The lowest BCUT2D eigenvalue weighted by molar-refractivity contribution is -0.202. The topological polar surface area (TPSA) is 54.4 Å². The average molecular weight is 192 g/mol. The molecular weight excluding hydrogens is 191 g/mol. The number of hydrogen-bond acceptors (Lipinski definition) is 2. The van der Waals surface area contributed by atoms with E-state index >= 15 is 0 Å². The van der Waals surface area contributed by atoms with Gasteiger partial charge in [-0.2, -0.15) is 22.0 Å². The van der Waals surface area contributed by atoms with Crippen LogP contribution in [0, 0.1) is 0 Å². The summed E-state index contributed by atoms with van der Waals surface area (Å²) < 4.78 is 57.2. The molecule has 0 heterocycles. The summed E-state index contributed by atoms with van der Waals surface area (Å²) in [6, 6.07) is 0. The van der Waals surface area contributed by atoms with Crippen LogP contribution in [0.2, 0.25) is 0 Å². The van der Waals surface area contributed by atoms with Gasteiger partial charge >= 0.3 is 23.9 Å². The molecule has 70 valence electrons. The van der Waals surface area contributed by atoms with Gasteiger partial charge in [0.05, 0.1) is 0 Å². The molecule has 0 aliphatic carbocycles. The first-order valence-electron chi connectivity index (χ1n) is 2.33. The van der Waals surface area contributed by atoms with E-state index in [1.807, 2.05) is 0 Å². The van der Waals surface area contributed by atoms with E-state index in [-0.39, 0.29) is 0 Å². The van der Waals surface area contributed by atoms with Crippen molar-refractivity contribution in [2.45, 2.75) is 12.1 Å². The van der Waals surface area contributed by atoms with Gasteiger partial charge in [-0.1, -0.05) is 0 Å². The summed E-state index contributed by atoms with van der Waals surface area (Å²) in [6.07, 6.45) is -5.85. The molecule has 0 bridgehead atoms. The summed E-state index contributed by atoms with van der Waals surface area (Å²) in [5.41, 5.74) is 0. The largest absolute Gasteiger partial charge is 0.476 e. The van der Waals surface area contributed by atoms with Gasteiger partial charge in [0.25, 0.3) is 0 Å². The van der Waals surface area contributed by atoms with Crippen molar-refractivity contribution < 1.29 is 36.6 Å². The van der Waals surface area contributed by atoms with E-state index in [1.54, 1.807) is 0 Å². The number of ketones is 1. The highest BCUT2D eigenvalue weighted by molar-refractivity contribution is 6.07. The number of halogens is 5. The van der Waals surface area contributed by atoms with Gasteiger partial charge < -0.3 is 5.11 Å². The third kappa shape index (κ3) is 1.89. The van der Waals surface area contributed by atoms with Crippen molar-refractivity contribution in [1.82, 2.24) is 0 Å². The molecule has 0 amide bonds. The van der Waals surface area contributed by atoms with E-state index in [0.29, 0.717) is 0 Å². The smallest absolute Gasteiger partial charge is 0.457 e. The maximum absolute atomic E-state index is 11.8. The summed E-state index contributed by atoms with van der Waals surface area (Å²) in [6.45, 7) is 0. The Kier molecular flexibility index (Phi) is 2.41. The second kappa shape index (κ2) is 2.68. The quantitative estimate of drug-likeness (QED) is 0.520. The van der Waals surface area contributed by atoms with Gasteiger partial charge in [0, 0.05) is 0 Å². The monoisotopic (exact) mass is 192 g/mol. The van der Waals surface area contributed by atoms with Crippen LogP contribution in [-0.2, 0) is 9.59 Å². The van der Waals surface area contributed by atoms with E-state index in [2.05, 4.69) is 0 Å². The third-order valence-electron chi connectivity index (χ3n) is 0.811. The predicted octanol–water partition coefficient (Wildman–Crippen LogP) is 0.838. The van der Waals surface area contributed by atoms with Crippen LogP contribution in [0.4, 0.5) is 22.0 Å². The highest BCUT2D eigenvalue weighted by Gasteiger charge is 2.60. The summed E-state index contributed by atoms with van der Waals surface area (Å²) in [5.74, 6) is -12.1. The fraction of sp³-hybridized carbons (Fsp3) is 0.500. The van der Waals surface area contributed by atoms with Crippen LogP contribution in [0.5, 0.6) is 0 Å². The predicted molar refractivity (Wildman–Crippen MR) is 23.6 cm³/mol. The lowest BCUT2D eigenvalue weighted by atomic mass is 10.2. The van der Waals surface area contributed by atoms with Crippen LogP contribution >= 0.6 is 0 Å². The molecule has 0 radical (unpaired) electrons. The molecule has 0 saturated carbocycles. The Balaban J connectivity index is 4.83. The molecule has 8 heteroatoms. The molecule has 12 heavy (non-hydrogen) atoms. The highest BCUT2D eigenvalue weighted by Crippen LogP contribution is 2.27. The first-order chi connectivity index (χ1) is 5.10. The normalized spacial score (nSPS) is 12.8. The summed E-state index contributed by atoms with van der Waals surface area (Å²) in [4.78, 5) is 19.1. The minimum Gasteiger partial charge on any atom is -0.476 e. The maximum Gasteiger partial charge on any atom is 0.457 e. The van der Waals surface area contributed by atoms with Crippen LogP contribution in [-0.4, -0.2) is 29.0 Å². The van der Waals surface area contributed by atoms with E-state index in [4.69, 9.17) is 5.11 Å². The summed E-state index contributed by atoms with van der Waals surface area (Å²) in [5, 5.41) is 7.50. The molecule has 0 aromatic rings. The lowest BCUT2D eigenvalue weighted by Crippen LogP contribution is -2.45. The fourth-order valence-corrected chi connectivity index (χ4v) is 0.275. The Morgan fingerprint density at radius 2 is 1.33 bits per heavy atom. The zero-order valence-electron chi connectivity index (χ0n) is 5.15. The second-order valence-electron chi connectivity index (χ2n) is 1.71. The summed E-state index contributed by atoms with van der Waals surface area (Å²) in [7, 11) is 0. The molecule has 0 aliphatic heterocycles. The Labute approximate surface area is 61.8 Å². The third-order valence-corrected chi connectivity index (χ3v) is 0.811. The molecule has 1 N–H and O–H groups in total. The van der Waals surface area contributed by atoms with Crippen LogP contribution in [0.15, 0.2) is 0 Å². The first-order valence-corrected chi connectivity index (χ1v) is 2.33. The Bertz CT molecular complexity index is 217. The number of carboxylic acid groups (broad SMARTS) is 1. The zero-order chi connectivity index (χ0) is 10.2. The molecule has 0 unspecified atom stereocenters. The van der Waals surface area contributed by atoms with Gasteiger partial charge in [-0.3, -0.25) is 4.79 Å². The first kappa shape index (κ1) is 10.8. The highest BCUT2D eigenvalue weighted by atomic mass is 19.4. The van der Waals surface area contributed by atoms with E-state index in [0.717, 1.165) is 0 Å². The van der Waals surface area contributed by atoms with E-state index < -0.39 is 23.9 Å². The molecule has 0 atom stereocenters. The van der Waals surface area contributed by atoms with Gasteiger partial charge in [0.1, 0.15) is 0 Å². The minimum atomic E-state index is -5.85. The number of alkyl halides is 5. The van der Waals surface area contributed by atoms with Gasteiger partial charge in [-0.15, -0.1) is 0 Å². The molecule has 0 rings (SSSR count). The number of carbonyl (C=O) groups excluding carboxylic acids is 1. The van der Waals surface area contributed by atoms with Gasteiger partial charge in [0.2, 0.25) is 0 Å². The van der Waals surface area contributed by atoms with Gasteiger partial charge in [-0.05, 0) is 0 Å². The van der Waals surface area contributed by atoms with Crippen LogP contribution in [0.25, 0.3) is 0 Å². The molecule has 0 aromatic heterocycles. The maximum atomic E-state index is 11.8. The molecule has 0 fully saturated rings. The Morgan fingerprint density at radius 3 is 1.42 bits per heavy atom. The fourth-order valence-electron chi connectivity index (χ4n) is 0.275. The number of hydrogen-bond donors (Lipinski definition) is 1. The SMILES string of the molecule is O=C(O)C(F)(F)C(=O)C(F)(F)F. The van der Waals surface area contributed by atoms with Crippen LogP contribution in [0.3, 0.4) is 0 Å². The molecular formula is C4HF5O3. The molecule has 0 spiro atoms. The average Bonchev–Trinajstić information content (AvgIpc) is 1.83. The second-order valence-corrected chi connectivity index (χ2v) is 1.71. The van der Waals surface area contributed by atoms with Crippen molar-refractivity contribution >= 4 is 11.8 Å². The van der Waals surface area contributed by atoms with Crippen molar-refractivity contribution in [2.75, 3.05) is 0 Å². The molecule has 3 nitrogen and oxygen atoms in total. The van der Waals surface area contributed by atoms with Gasteiger partial charge in [-0.25, -0.2) is 4.79 Å². The van der Waals surface area contributed by atoms with Gasteiger partial charge in [0.15, 0.2) is 0 Å². The van der Waals surface area contributed by atoms with E-state index in [1.165, 1.54) is 0 Å². The summed E-state index contributed by atoms with van der Waals surface area (Å²) >= 11 is 0. The van der Waals surface area contributed by atoms with Crippen molar-refractivity contribution in [3.05, 3.63) is 0 Å². The van der Waals surface area contributed by atoms with E-state index in [9.17, 15) is 31.5 Å².